The molecular formula is C14H20N2O3. The first-order valence-electron chi connectivity index (χ1n) is 6.81. The summed E-state index contributed by atoms with van der Waals surface area (Å²) in [5.41, 5.74) is 0. The molecule has 0 aromatic rings. The van der Waals surface area contributed by atoms with Crippen molar-refractivity contribution in [3.8, 4) is 12.3 Å². The molecule has 0 radical (unpaired) electrons. The van der Waals surface area contributed by atoms with E-state index < -0.39 is 5.97 Å². The maximum absolute atomic E-state index is 12.1. The molecule has 2 rings (SSSR count). The molecule has 2 saturated carbocycles. The number of carbonyl (C=O) groups is 2. The summed E-state index contributed by atoms with van der Waals surface area (Å²) in [6.07, 6.45) is 9.56. The molecule has 5 heteroatoms. The molecule has 0 aromatic heterocycles. The number of carbonyl (C=O) groups excluding carboxylic acids is 1. The van der Waals surface area contributed by atoms with Gasteiger partial charge in [0.05, 0.1) is 13.0 Å². The van der Waals surface area contributed by atoms with Gasteiger partial charge in [-0.1, -0.05) is 5.92 Å². The molecule has 2 aliphatic rings. The van der Waals surface area contributed by atoms with Crippen LogP contribution in [0.1, 0.15) is 32.1 Å². The van der Waals surface area contributed by atoms with Crippen LogP contribution >= 0.6 is 0 Å². The molecule has 104 valence electrons. The monoisotopic (exact) mass is 264 g/mol. The first-order chi connectivity index (χ1) is 9.10. The predicted molar refractivity (Wildman–Crippen MR) is 70.4 cm³/mol. The van der Waals surface area contributed by atoms with Gasteiger partial charge in [0, 0.05) is 12.6 Å². The molecule has 0 aromatic carbocycles. The van der Waals surface area contributed by atoms with Crippen LogP contribution in [-0.4, -0.2) is 41.1 Å². The van der Waals surface area contributed by atoms with Gasteiger partial charge in [0.15, 0.2) is 0 Å². The summed E-state index contributed by atoms with van der Waals surface area (Å²) < 4.78 is 0. The normalized spacial score (nSPS) is 19.3. The Hall–Kier alpha value is -1.70. The van der Waals surface area contributed by atoms with Gasteiger partial charge in [0.2, 0.25) is 0 Å². The number of rotatable bonds is 7. The molecule has 2 fully saturated rings. The molecule has 0 heterocycles. The molecular weight excluding hydrogens is 244 g/mol. The summed E-state index contributed by atoms with van der Waals surface area (Å²) in [6.45, 7) is 0.966. The van der Waals surface area contributed by atoms with Gasteiger partial charge in [0.1, 0.15) is 0 Å². The Labute approximate surface area is 113 Å². The molecule has 0 bridgehead atoms. The summed E-state index contributed by atoms with van der Waals surface area (Å²) in [7, 11) is 0. The number of nitrogens with zero attached hydrogens (tertiary/aromatic N) is 1. The van der Waals surface area contributed by atoms with Crippen LogP contribution in [0.4, 0.5) is 4.79 Å². The average molecular weight is 264 g/mol. The van der Waals surface area contributed by atoms with Crippen LogP contribution in [0.15, 0.2) is 0 Å². The highest BCUT2D eigenvalue weighted by atomic mass is 16.4. The van der Waals surface area contributed by atoms with E-state index in [1.54, 1.807) is 4.90 Å². The van der Waals surface area contributed by atoms with Crippen LogP contribution < -0.4 is 5.32 Å². The third-order valence-corrected chi connectivity index (χ3v) is 3.64. The van der Waals surface area contributed by atoms with Gasteiger partial charge >= 0.3 is 12.0 Å². The number of amides is 2. The lowest BCUT2D eigenvalue weighted by Crippen LogP contribution is -2.47. The molecule has 1 unspecified atom stereocenters. The van der Waals surface area contributed by atoms with Crippen molar-refractivity contribution >= 4 is 12.0 Å². The Morgan fingerprint density at radius 2 is 2.05 bits per heavy atom. The highest BCUT2D eigenvalue weighted by molar-refractivity contribution is 5.76. The molecule has 0 aliphatic heterocycles. The molecule has 19 heavy (non-hydrogen) atoms. The van der Waals surface area contributed by atoms with E-state index in [1.165, 1.54) is 0 Å². The number of aliphatic carboxylic acids is 1. The van der Waals surface area contributed by atoms with Gasteiger partial charge in [-0.15, -0.1) is 6.42 Å². The molecule has 2 aliphatic carbocycles. The van der Waals surface area contributed by atoms with Gasteiger partial charge in [-0.2, -0.15) is 0 Å². The second-order valence-electron chi connectivity index (χ2n) is 5.52. The number of carboxylic acid groups (broad SMARTS) is 1. The lowest BCUT2D eigenvalue weighted by Gasteiger charge is -2.24. The quantitative estimate of drug-likeness (QED) is 0.681. The first-order valence-corrected chi connectivity index (χ1v) is 6.81. The van der Waals surface area contributed by atoms with Gasteiger partial charge < -0.3 is 15.3 Å². The highest BCUT2D eigenvalue weighted by Gasteiger charge is 2.35. The predicted octanol–water partition coefficient (Wildman–Crippen LogP) is 1.29. The largest absolute Gasteiger partial charge is 0.481 e. The molecule has 2 amide bonds. The minimum Gasteiger partial charge on any atom is -0.481 e. The van der Waals surface area contributed by atoms with E-state index in [0.717, 1.165) is 25.7 Å². The lowest BCUT2D eigenvalue weighted by atomic mass is 10.1. The number of nitrogens with one attached hydrogen (secondary N) is 1. The van der Waals surface area contributed by atoms with E-state index in [-0.39, 0.29) is 25.0 Å². The van der Waals surface area contributed by atoms with Crippen molar-refractivity contribution < 1.29 is 14.7 Å². The van der Waals surface area contributed by atoms with Gasteiger partial charge in [-0.05, 0) is 37.5 Å². The van der Waals surface area contributed by atoms with E-state index in [1.807, 2.05) is 0 Å². The third-order valence-electron chi connectivity index (χ3n) is 3.64. The van der Waals surface area contributed by atoms with Gasteiger partial charge in [-0.3, -0.25) is 4.79 Å². The minimum atomic E-state index is -0.872. The maximum Gasteiger partial charge on any atom is 0.318 e. The topological polar surface area (TPSA) is 69.6 Å². The van der Waals surface area contributed by atoms with Crippen LogP contribution in [-0.2, 0) is 4.79 Å². The third kappa shape index (κ3) is 4.47. The van der Waals surface area contributed by atoms with Gasteiger partial charge in [0.25, 0.3) is 0 Å². The highest BCUT2D eigenvalue weighted by Crippen LogP contribution is 2.34. The van der Waals surface area contributed by atoms with Crippen LogP contribution in [0.25, 0.3) is 0 Å². The van der Waals surface area contributed by atoms with Crippen LogP contribution in [0, 0.1) is 24.2 Å². The second kappa shape index (κ2) is 5.96. The molecule has 0 saturated heterocycles. The zero-order valence-electron chi connectivity index (χ0n) is 11.0. The molecule has 2 N–H and O–H groups in total. The number of hydrogen-bond donors (Lipinski definition) is 2. The SMILES string of the molecule is C#CCN(CC1CC1)C(=O)NC(CC(=O)O)C1CC1. The van der Waals surface area contributed by atoms with E-state index >= 15 is 0 Å². The Morgan fingerprint density at radius 3 is 2.53 bits per heavy atom. The average Bonchev–Trinajstić information content (AvgIpc) is 3.20. The summed E-state index contributed by atoms with van der Waals surface area (Å²) in [6, 6.07) is -0.479. The van der Waals surface area contributed by atoms with Crippen molar-refractivity contribution in [2.24, 2.45) is 11.8 Å². The van der Waals surface area contributed by atoms with Crippen LogP contribution in [0.2, 0.25) is 0 Å². The number of terminal acetylenes is 1. The fourth-order valence-corrected chi connectivity index (χ4v) is 2.21. The standard InChI is InChI=1S/C14H20N2O3/c1-2-7-16(9-10-3-4-10)14(19)15-12(8-13(17)18)11-5-6-11/h1,10-12H,3-9H2,(H,15,19)(H,17,18). The number of hydrogen-bond acceptors (Lipinski definition) is 2. The van der Waals surface area contributed by atoms with Crippen molar-refractivity contribution in [3.05, 3.63) is 0 Å². The Balaban J connectivity index is 1.87. The van der Waals surface area contributed by atoms with Crippen LogP contribution in [0.5, 0.6) is 0 Å². The van der Waals surface area contributed by atoms with E-state index in [0.29, 0.717) is 18.4 Å². The smallest absolute Gasteiger partial charge is 0.318 e. The fourth-order valence-electron chi connectivity index (χ4n) is 2.21. The van der Waals surface area contributed by atoms with Crippen molar-refractivity contribution in [2.45, 2.75) is 38.1 Å². The van der Waals surface area contributed by atoms with Crippen molar-refractivity contribution in [1.29, 1.82) is 0 Å². The number of carboxylic acids is 1. The maximum atomic E-state index is 12.1. The number of urea groups is 1. The first kappa shape index (κ1) is 13.7. The Bertz CT molecular complexity index is 394. The van der Waals surface area contributed by atoms with Crippen molar-refractivity contribution in [3.63, 3.8) is 0 Å². The van der Waals surface area contributed by atoms with E-state index in [4.69, 9.17) is 11.5 Å². The lowest BCUT2D eigenvalue weighted by molar-refractivity contribution is -0.137. The van der Waals surface area contributed by atoms with Gasteiger partial charge in [-0.25, -0.2) is 4.79 Å². The summed E-state index contributed by atoms with van der Waals surface area (Å²) in [5, 5.41) is 11.7. The second-order valence-corrected chi connectivity index (χ2v) is 5.52. The summed E-state index contributed by atoms with van der Waals surface area (Å²) >= 11 is 0. The van der Waals surface area contributed by atoms with Crippen LogP contribution in [0.3, 0.4) is 0 Å². The molecule has 1 atom stereocenters. The van der Waals surface area contributed by atoms with E-state index in [2.05, 4.69) is 11.2 Å². The zero-order chi connectivity index (χ0) is 13.8. The molecule has 0 spiro atoms. The summed E-state index contributed by atoms with van der Waals surface area (Å²) in [4.78, 5) is 24.6. The Kier molecular flexibility index (Phi) is 4.31. The van der Waals surface area contributed by atoms with Crippen molar-refractivity contribution in [1.82, 2.24) is 10.2 Å². The summed E-state index contributed by atoms with van der Waals surface area (Å²) in [5.74, 6) is 2.50. The Morgan fingerprint density at radius 1 is 1.37 bits per heavy atom. The van der Waals surface area contributed by atoms with E-state index in [9.17, 15) is 9.59 Å². The zero-order valence-corrected chi connectivity index (χ0v) is 11.0. The fraction of sp³-hybridized carbons (Fsp3) is 0.714. The minimum absolute atomic E-state index is 0.0102. The molecule has 5 nitrogen and oxygen atoms in total. The van der Waals surface area contributed by atoms with Crippen molar-refractivity contribution in [2.75, 3.05) is 13.1 Å².